The third kappa shape index (κ3) is 1.65. The Morgan fingerprint density at radius 2 is 2.36 bits per heavy atom. The zero-order valence-corrected chi connectivity index (χ0v) is 8.31. The van der Waals surface area contributed by atoms with E-state index in [-0.39, 0.29) is 12.7 Å². The Bertz CT molecular complexity index is 305. The number of hydrogen-bond acceptors (Lipinski definition) is 4. The van der Waals surface area contributed by atoms with Crippen molar-refractivity contribution < 1.29 is 9.84 Å². The summed E-state index contributed by atoms with van der Waals surface area (Å²) in [6, 6.07) is 0. The molecule has 0 spiro atoms. The lowest BCUT2D eigenvalue weighted by Crippen LogP contribution is -2.16. The van der Waals surface area contributed by atoms with Gasteiger partial charge in [0, 0.05) is 13.7 Å². The van der Waals surface area contributed by atoms with Gasteiger partial charge in [0.05, 0.1) is 0 Å². The predicted molar refractivity (Wildman–Crippen MR) is 49.5 cm³/mol. The number of rotatable bonds is 2. The van der Waals surface area contributed by atoms with Gasteiger partial charge in [-0.2, -0.15) is 0 Å². The second kappa shape index (κ2) is 4.06. The van der Waals surface area contributed by atoms with Crippen LogP contribution in [-0.2, 0) is 18.4 Å². The Morgan fingerprint density at radius 1 is 1.50 bits per heavy atom. The minimum Gasteiger partial charge on any atom is -0.388 e. The molecule has 2 rings (SSSR count). The first-order valence-corrected chi connectivity index (χ1v) is 4.93. The molecular formula is C9H15N3O2. The van der Waals surface area contributed by atoms with Gasteiger partial charge >= 0.3 is 0 Å². The van der Waals surface area contributed by atoms with Gasteiger partial charge in [0.1, 0.15) is 12.7 Å². The summed E-state index contributed by atoms with van der Waals surface area (Å²) >= 11 is 0. The minimum atomic E-state index is -0.0732. The van der Waals surface area contributed by atoms with Crippen LogP contribution in [0.5, 0.6) is 0 Å². The lowest BCUT2D eigenvalue weighted by atomic mass is 10.1. The van der Waals surface area contributed by atoms with Crippen LogP contribution in [0.15, 0.2) is 0 Å². The van der Waals surface area contributed by atoms with Crippen molar-refractivity contribution in [3.63, 3.8) is 0 Å². The molecule has 0 radical (unpaired) electrons. The van der Waals surface area contributed by atoms with Crippen molar-refractivity contribution in [2.24, 2.45) is 7.05 Å². The molecule has 1 aliphatic rings. The molecule has 78 valence electrons. The van der Waals surface area contributed by atoms with Crippen molar-refractivity contribution in [1.29, 1.82) is 0 Å². The molecule has 0 amide bonds. The van der Waals surface area contributed by atoms with Gasteiger partial charge in [-0.3, -0.25) is 0 Å². The first-order valence-electron chi connectivity index (χ1n) is 4.93. The summed E-state index contributed by atoms with van der Waals surface area (Å²) < 4.78 is 7.41. The molecule has 0 bridgehead atoms. The van der Waals surface area contributed by atoms with Gasteiger partial charge in [0.15, 0.2) is 11.6 Å². The molecule has 1 fully saturated rings. The fraction of sp³-hybridized carbons (Fsp3) is 0.778. The van der Waals surface area contributed by atoms with Crippen molar-refractivity contribution in [1.82, 2.24) is 14.8 Å². The van der Waals surface area contributed by atoms with Crippen molar-refractivity contribution in [3.05, 3.63) is 11.6 Å². The maximum Gasteiger partial charge on any atom is 0.162 e. The Hall–Kier alpha value is -0.940. The normalized spacial score (nSPS) is 22.6. The molecule has 5 heteroatoms. The molecule has 1 N–H and O–H groups in total. The highest BCUT2D eigenvalue weighted by molar-refractivity contribution is 4.98. The van der Waals surface area contributed by atoms with E-state index in [4.69, 9.17) is 9.84 Å². The van der Waals surface area contributed by atoms with Gasteiger partial charge in [-0.25, -0.2) is 0 Å². The lowest BCUT2D eigenvalue weighted by Gasteiger charge is -2.21. The molecule has 0 aromatic carbocycles. The minimum absolute atomic E-state index is 0.0570. The van der Waals surface area contributed by atoms with Crippen molar-refractivity contribution in [3.8, 4) is 0 Å². The fourth-order valence-corrected chi connectivity index (χ4v) is 1.74. The molecular weight excluding hydrogens is 182 g/mol. The molecule has 1 atom stereocenters. The number of aliphatic hydroxyl groups is 1. The van der Waals surface area contributed by atoms with Crippen LogP contribution >= 0.6 is 0 Å². The Labute approximate surface area is 82.7 Å². The summed E-state index contributed by atoms with van der Waals surface area (Å²) in [5.41, 5.74) is 0. The van der Waals surface area contributed by atoms with Crippen molar-refractivity contribution >= 4 is 0 Å². The number of hydrogen-bond donors (Lipinski definition) is 1. The van der Waals surface area contributed by atoms with E-state index >= 15 is 0 Å². The molecule has 0 saturated carbocycles. The Kier molecular flexibility index (Phi) is 2.79. The van der Waals surface area contributed by atoms with Crippen LogP contribution in [0.3, 0.4) is 0 Å². The van der Waals surface area contributed by atoms with Crippen LogP contribution in [0.2, 0.25) is 0 Å². The van der Waals surface area contributed by atoms with Crippen LogP contribution in [0.1, 0.15) is 37.0 Å². The monoisotopic (exact) mass is 197 g/mol. The lowest BCUT2D eigenvalue weighted by molar-refractivity contribution is 0.00748. The zero-order chi connectivity index (χ0) is 9.97. The number of aliphatic hydroxyl groups excluding tert-OH is 1. The van der Waals surface area contributed by atoms with Gasteiger partial charge in [0.25, 0.3) is 0 Å². The maximum atomic E-state index is 8.97. The van der Waals surface area contributed by atoms with Crippen LogP contribution in [0, 0.1) is 0 Å². The van der Waals surface area contributed by atoms with Crippen LogP contribution in [0.25, 0.3) is 0 Å². The SMILES string of the molecule is Cn1c(CO)nnc1C1CCCCO1. The third-order valence-electron chi connectivity index (χ3n) is 2.61. The van der Waals surface area contributed by atoms with Gasteiger partial charge in [0.2, 0.25) is 0 Å². The molecule has 1 saturated heterocycles. The molecule has 5 nitrogen and oxygen atoms in total. The zero-order valence-electron chi connectivity index (χ0n) is 8.31. The van der Waals surface area contributed by atoms with Gasteiger partial charge in [-0.05, 0) is 19.3 Å². The quantitative estimate of drug-likeness (QED) is 0.752. The Balaban J connectivity index is 2.18. The van der Waals surface area contributed by atoms with Gasteiger partial charge in [-0.1, -0.05) is 0 Å². The fourth-order valence-electron chi connectivity index (χ4n) is 1.74. The molecule has 1 aliphatic heterocycles. The first-order chi connectivity index (χ1) is 6.83. The number of nitrogens with zero attached hydrogens (tertiary/aromatic N) is 3. The van der Waals surface area contributed by atoms with E-state index in [0.717, 1.165) is 25.3 Å². The smallest absolute Gasteiger partial charge is 0.162 e. The third-order valence-corrected chi connectivity index (χ3v) is 2.61. The van der Waals surface area contributed by atoms with E-state index in [1.54, 1.807) is 0 Å². The summed E-state index contributed by atoms with van der Waals surface area (Å²) in [7, 11) is 1.86. The first kappa shape index (κ1) is 9.61. The van der Waals surface area contributed by atoms with E-state index in [2.05, 4.69) is 10.2 Å². The topological polar surface area (TPSA) is 60.2 Å². The van der Waals surface area contributed by atoms with Crippen LogP contribution in [0.4, 0.5) is 0 Å². The van der Waals surface area contributed by atoms with E-state index in [9.17, 15) is 0 Å². The molecule has 1 unspecified atom stereocenters. The molecule has 0 aliphatic carbocycles. The van der Waals surface area contributed by atoms with E-state index < -0.39 is 0 Å². The second-order valence-corrected chi connectivity index (χ2v) is 3.55. The standard InChI is InChI=1S/C9H15N3O2/c1-12-8(6-13)10-11-9(12)7-4-2-3-5-14-7/h7,13H,2-6H2,1H3. The molecule has 2 heterocycles. The van der Waals surface area contributed by atoms with Gasteiger partial charge in [-0.15, -0.1) is 10.2 Å². The average molecular weight is 197 g/mol. The average Bonchev–Trinajstić information content (AvgIpc) is 2.61. The summed E-state index contributed by atoms with van der Waals surface area (Å²) in [6.07, 6.45) is 3.35. The number of ether oxygens (including phenoxy) is 1. The summed E-state index contributed by atoms with van der Waals surface area (Å²) in [4.78, 5) is 0. The van der Waals surface area contributed by atoms with Crippen LogP contribution in [-0.4, -0.2) is 26.5 Å². The molecule has 1 aromatic heterocycles. The highest BCUT2D eigenvalue weighted by Gasteiger charge is 2.21. The van der Waals surface area contributed by atoms with Crippen molar-refractivity contribution in [2.45, 2.75) is 32.0 Å². The number of aromatic nitrogens is 3. The van der Waals surface area contributed by atoms with Gasteiger partial charge < -0.3 is 14.4 Å². The Morgan fingerprint density at radius 3 is 2.93 bits per heavy atom. The van der Waals surface area contributed by atoms with Crippen molar-refractivity contribution in [2.75, 3.05) is 6.61 Å². The summed E-state index contributed by atoms with van der Waals surface area (Å²) in [5.74, 6) is 1.42. The summed E-state index contributed by atoms with van der Waals surface area (Å²) in [5, 5.41) is 16.9. The maximum absolute atomic E-state index is 8.97. The molecule has 14 heavy (non-hydrogen) atoms. The van der Waals surface area contributed by atoms with E-state index in [1.165, 1.54) is 6.42 Å². The highest BCUT2D eigenvalue weighted by atomic mass is 16.5. The van der Waals surface area contributed by atoms with E-state index in [0.29, 0.717) is 5.82 Å². The highest BCUT2D eigenvalue weighted by Crippen LogP contribution is 2.26. The van der Waals surface area contributed by atoms with E-state index in [1.807, 2.05) is 11.6 Å². The van der Waals surface area contributed by atoms with Crippen LogP contribution < -0.4 is 0 Å². The predicted octanol–water partition coefficient (Wildman–Crippen LogP) is 0.549. The molecule has 1 aromatic rings. The largest absolute Gasteiger partial charge is 0.388 e. The summed E-state index contributed by atoms with van der Waals surface area (Å²) in [6.45, 7) is 0.724. The second-order valence-electron chi connectivity index (χ2n) is 3.55.